The molecule has 18 heavy (non-hydrogen) atoms. The van der Waals surface area contributed by atoms with Crippen LogP contribution >= 0.6 is 0 Å². The van der Waals surface area contributed by atoms with Crippen LogP contribution in [0, 0.1) is 13.8 Å². The van der Waals surface area contributed by atoms with Gasteiger partial charge in [-0.25, -0.2) is 4.98 Å². The zero-order valence-electron chi connectivity index (χ0n) is 10.7. The van der Waals surface area contributed by atoms with E-state index >= 15 is 0 Å². The number of H-pyrrole nitrogens is 1. The first-order valence-electron chi connectivity index (χ1n) is 5.81. The van der Waals surface area contributed by atoms with Crippen LogP contribution in [0.3, 0.4) is 0 Å². The van der Waals surface area contributed by atoms with Crippen LogP contribution < -0.4 is 5.73 Å². The molecular formula is C13H15N5. The average molecular weight is 241 g/mol. The Morgan fingerprint density at radius 2 is 1.94 bits per heavy atom. The summed E-state index contributed by atoms with van der Waals surface area (Å²) in [6.45, 7) is 4.18. The van der Waals surface area contributed by atoms with E-state index in [0.29, 0.717) is 5.82 Å². The molecule has 5 nitrogen and oxygen atoms in total. The first-order valence-corrected chi connectivity index (χ1v) is 5.81. The molecule has 0 saturated carbocycles. The lowest BCUT2D eigenvalue weighted by molar-refractivity contribution is 0.779. The average Bonchev–Trinajstić information content (AvgIpc) is 2.85. The van der Waals surface area contributed by atoms with Gasteiger partial charge in [0, 0.05) is 7.05 Å². The van der Waals surface area contributed by atoms with Crippen LogP contribution in [0.15, 0.2) is 18.3 Å². The van der Waals surface area contributed by atoms with Gasteiger partial charge in [0.05, 0.1) is 22.8 Å². The predicted octanol–water partition coefficient (Wildman–Crippen LogP) is 2.16. The first-order chi connectivity index (χ1) is 8.56. The maximum absolute atomic E-state index is 5.96. The third-order valence-electron chi connectivity index (χ3n) is 3.34. The number of anilines is 1. The Hall–Kier alpha value is -2.30. The van der Waals surface area contributed by atoms with E-state index in [-0.39, 0.29) is 0 Å². The van der Waals surface area contributed by atoms with Crippen molar-refractivity contribution in [1.82, 2.24) is 19.7 Å². The molecule has 2 aromatic heterocycles. The summed E-state index contributed by atoms with van der Waals surface area (Å²) in [6, 6.07) is 4.19. The second-order valence-corrected chi connectivity index (χ2v) is 4.61. The molecule has 0 amide bonds. The van der Waals surface area contributed by atoms with E-state index in [9.17, 15) is 0 Å². The zero-order chi connectivity index (χ0) is 12.9. The van der Waals surface area contributed by atoms with Gasteiger partial charge in [-0.2, -0.15) is 5.10 Å². The molecule has 0 radical (unpaired) electrons. The van der Waals surface area contributed by atoms with E-state index in [1.807, 2.05) is 7.05 Å². The fraction of sp³-hybridized carbons (Fsp3) is 0.231. The quantitative estimate of drug-likeness (QED) is 0.685. The third kappa shape index (κ3) is 1.48. The van der Waals surface area contributed by atoms with Crippen LogP contribution in [0.1, 0.15) is 11.1 Å². The summed E-state index contributed by atoms with van der Waals surface area (Å²) in [4.78, 5) is 7.86. The molecule has 0 atom stereocenters. The summed E-state index contributed by atoms with van der Waals surface area (Å²) in [6.07, 6.45) is 1.73. The minimum atomic E-state index is 0.613. The molecule has 2 heterocycles. The van der Waals surface area contributed by atoms with Crippen molar-refractivity contribution in [3.8, 4) is 11.4 Å². The van der Waals surface area contributed by atoms with E-state index < -0.39 is 0 Å². The molecule has 0 aliphatic rings. The fourth-order valence-corrected chi connectivity index (χ4v) is 2.03. The number of nitrogen functional groups attached to an aromatic ring is 1. The second kappa shape index (κ2) is 3.60. The van der Waals surface area contributed by atoms with Crippen molar-refractivity contribution in [2.24, 2.45) is 7.05 Å². The van der Waals surface area contributed by atoms with Crippen molar-refractivity contribution >= 4 is 16.9 Å². The van der Waals surface area contributed by atoms with Crippen molar-refractivity contribution < 1.29 is 0 Å². The van der Waals surface area contributed by atoms with Crippen LogP contribution in [0.2, 0.25) is 0 Å². The van der Waals surface area contributed by atoms with E-state index in [2.05, 4.69) is 41.0 Å². The molecule has 1 aromatic carbocycles. The van der Waals surface area contributed by atoms with Gasteiger partial charge < -0.3 is 10.7 Å². The van der Waals surface area contributed by atoms with Crippen LogP contribution in [0.4, 0.5) is 5.82 Å². The number of imidazole rings is 1. The highest BCUT2D eigenvalue weighted by Crippen LogP contribution is 2.26. The number of aromatic nitrogens is 4. The van der Waals surface area contributed by atoms with Crippen molar-refractivity contribution in [1.29, 1.82) is 0 Å². The van der Waals surface area contributed by atoms with Crippen LogP contribution in [-0.2, 0) is 7.05 Å². The molecule has 0 fully saturated rings. The highest BCUT2D eigenvalue weighted by molar-refractivity contribution is 5.82. The number of aryl methyl sites for hydroxylation is 3. The Kier molecular flexibility index (Phi) is 2.16. The number of hydrogen-bond acceptors (Lipinski definition) is 3. The molecule has 0 unspecified atom stereocenters. The summed E-state index contributed by atoms with van der Waals surface area (Å²) < 4.78 is 1.64. The number of nitrogens with two attached hydrogens (primary N) is 1. The summed E-state index contributed by atoms with van der Waals surface area (Å²) in [7, 11) is 1.82. The maximum Gasteiger partial charge on any atom is 0.143 e. The Morgan fingerprint density at radius 1 is 1.22 bits per heavy atom. The SMILES string of the molecule is Cc1cc2nc(-c3cnn(C)c3N)[nH]c2cc1C. The number of fused-ring (bicyclic) bond motifs is 1. The van der Waals surface area contributed by atoms with Crippen molar-refractivity contribution in [3.05, 3.63) is 29.5 Å². The zero-order valence-corrected chi connectivity index (χ0v) is 10.7. The van der Waals surface area contributed by atoms with Crippen molar-refractivity contribution in [2.45, 2.75) is 13.8 Å². The molecule has 3 aromatic rings. The molecule has 0 aliphatic heterocycles. The van der Waals surface area contributed by atoms with Gasteiger partial charge in [0.25, 0.3) is 0 Å². The van der Waals surface area contributed by atoms with Gasteiger partial charge in [-0.3, -0.25) is 4.68 Å². The Balaban J connectivity index is 2.22. The normalized spacial score (nSPS) is 11.3. The van der Waals surface area contributed by atoms with E-state index in [1.54, 1.807) is 10.9 Å². The summed E-state index contributed by atoms with van der Waals surface area (Å²) in [5.74, 6) is 1.38. The number of aromatic amines is 1. The molecule has 0 saturated heterocycles. The van der Waals surface area contributed by atoms with Gasteiger partial charge >= 0.3 is 0 Å². The lowest BCUT2D eigenvalue weighted by atomic mass is 10.1. The summed E-state index contributed by atoms with van der Waals surface area (Å²) in [5.41, 5.74) is 11.3. The highest BCUT2D eigenvalue weighted by Gasteiger charge is 2.12. The van der Waals surface area contributed by atoms with Gasteiger partial charge in [-0.1, -0.05) is 0 Å². The lowest BCUT2D eigenvalue weighted by Crippen LogP contribution is -1.98. The second-order valence-electron chi connectivity index (χ2n) is 4.61. The fourth-order valence-electron chi connectivity index (χ4n) is 2.03. The van der Waals surface area contributed by atoms with Gasteiger partial charge in [0.2, 0.25) is 0 Å². The molecule has 92 valence electrons. The molecule has 0 spiro atoms. The minimum Gasteiger partial charge on any atom is -0.383 e. The standard InChI is InChI=1S/C13H15N5/c1-7-4-10-11(5-8(7)2)17-13(16-10)9-6-15-18(3)12(9)14/h4-6H,14H2,1-3H3,(H,16,17). The number of benzene rings is 1. The number of rotatable bonds is 1. The van der Waals surface area contributed by atoms with Gasteiger partial charge in [0.15, 0.2) is 0 Å². The van der Waals surface area contributed by atoms with Crippen LogP contribution in [0.5, 0.6) is 0 Å². The van der Waals surface area contributed by atoms with Gasteiger partial charge in [-0.15, -0.1) is 0 Å². The minimum absolute atomic E-state index is 0.613. The van der Waals surface area contributed by atoms with E-state index in [4.69, 9.17) is 5.73 Å². The summed E-state index contributed by atoms with van der Waals surface area (Å²) in [5, 5.41) is 4.13. The van der Waals surface area contributed by atoms with Crippen molar-refractivity contribution in [3.63, 3.8) is 0 Å². The Bertz CT molecular complexity index is 696. The van der Waals surface area contributed by atoms with Crippen molar-refractivity contribution in [2.75, 3.05) is 5.73 Å². The Morgan fingerprint density at radius 3 is 2.61 bits per heavy atom. The molecule has 0 bridgehead atoms. The van der Waals surface area contributed by atoms with E-state index in [0.717, 1.165) is 22.4 Å². The maximum atomic E-state index is 5.96. The van der Waals surface area contributed by atoms with Gasteiger partial charge in [0.1, 0.15) is 11.6 Å². The first kappa shape index (κ1) is 10.8. The molecule has 3 N–H and O–H groups in total. The monoisotopic (exact) mass is 241 g/mol. The van der Waals surface area contributed by atoms with E-state index in [1.165, 1.54) is 11.1 Å². The van der Waals surface area contributed by atoms with Crippen LogP contribution in [-0.4, -0.2) is 19.7 Å². The number of nitrogens with one attached hydrogen (secondary N) is 1. The lowest BCUT2D eigenvalue weighted by Gasteiger charge is -1.97. The van der Waals surface area contributed by atoms with Crippen LogP contribution in [0.25, 0.3) is 22.4 Å². The number of nitrogens with zero attached hydrogens (tertiary/aromatic N) is 3. The summed E-state index contributed by atoms with van der Waals surface area (Å²) >= 11 is 0. The highest BCUT2D eigenvalue weighted by atomic mass is 15.3. The Labute approximate surface area is 105 Å². The molecular weight excluding hydrogens is 226 g/mol. The largest absolute Gasteiger partial charge is 0.383 e. The smallest absolute Gasteiger partial charge is 0.143 e. The molecule has 3 rings (SSSR count). The predicted molar refractivity (Wildman–Crippen MR) is 72.2 cm³/mol. The topological polar surface area (TPSA) is 72.5 Å². The van der Waals surface area contributed by atoms with Gasteiger partial charge in [-0.05, 0) is 37.1 Å². The number of hydrogen-bond donors (Lipinski definition) is 2. The molecule has 5 heteroatoms. The molecule has 0 aliphatic carbocycles. The third-order valence-corrected chi connectivity index (χ3v) is 3.34.